The number of hydrogen-bond acceptors (Lipinski definition) is 4. The molecule has 154 valence electrons. The Hall–Kier alpha value is -3.45. The Kier molecular flexibility index (Phi) is 6.64. The number of hydrogen-bond donors (Lipinski definition) is 2. The van der Waals surface area contributed by atoms with E-state index in [2.05, 4.69) is 10.0 Å². The molecule has 2 N–H and O–H groups in total. The zero-order valence-corrected chi connectivity index (χ0v) is 17.3. The number of nitrogens with one attached hydrogen (secondary N) is 2. The summed E-state index contributed by atoms with van der Waals surface area (Å²) in [6, 6.07) is 21.7. The van der Waals surface area contributed by atoms with Crippen LogP contribution in [0.5, 0.6) is 0 Å². The lowest BCUT2D eigenvalue weighted by Gasteiger charge is -2.10. The lowest BCUT2D eigenvalue weighted by atomic mass is 10.1. The summed E-state index contributed by atoms with van der Waals surface area (Å²) in [5.41, 5.74) is 2.45. The second-order valence-corrected chi connectivity index (χ2v) is 8.52. The molecule has 0 aliphatic heterocycles. The van der Waals surface area contributed by atoms with Crippen LogP contribution < -0.4 is 10.0 Å². The van der Waals surface area contributed by atoms with Crippen molar-refractivity contribution in [3.8, 4) is 0 Å². The monoisotopic (exact) mass is 422 g/mol. The first-order chi connectivity index (χ1) is 14.3. The number of anilines is 2. The molecule has 0 aromatic heterocycles. The van der Waals surface area contributed by atoms with E-state index in [4.69, 9.17) is 0 Å². The van der Waals surface area contributed by atoms with Gasteiger partial charge in [-0.1, -0.05) is 48.0 Å². The van der Waals surface area contributed by atoms with Crippen LogP contribution in [0.15, 0.2) is 83.8 Å². The number of benzene rings is 3. The van der Waals surface area contributed by atoms with Crippen molar-refractivity contribution in [3.63, 3.8) is 0 Å². The third kappa shape index (κ3) is 5.78. The lowest BCUT2D eigenvalue weighted by Crippen LogP contribution is -2.14. The van der Waals surface area contributed by atoms with Gasteiger partial charge in [-0.15, -0.1) is 0 Å². The first kappa shape index (κ1) is 21.3. The molecule has 0 aliphatic rings. The van der Waals surface area contributed by atoms with Gasteiger partial charge in [-0.25, -0.2) is 8.42 Å². The molecule has 0 atom stereocenters. The van der Waals surface area contributed by atoms with E-state index in [9.17, 15) is 18.0 Å². The minimum atomic E-state index is -3.69. The van der Waals surface area contributed by atoms with E-state index in [1.165, 1.54) is 0 Å². The maximum Gasteiger partial charge on any atom is 0.261 e. The summed E-state index contributed by atoms with van der Waals surface area (Å²) in [7, 11) is -3.69. The van der Waals surface area contributed by atoms with Gasteiger partial charge in [0, 0.05) is 29.8 Å². The third-order valence-electron chi connectivity index (χ3n) is 4.43. The Morgan fingerprint density at radius 1 is 0.767 bits per heavy atom. The fourth-order valence-electron chi connectivity index (χ4n) is 2.77. The Labute approximate surface area is 176 Å². The average molecular weight is 423 g/mol. The molecule has 0 spiro atoms. The molecule has 0 unspecified atom stereocenters. The summed E-state index contributed by atoms with van der Waals surface area (Å²) >= 11 is 0. The summed E-state index contributed by atoms with van der Waals surface area (Å²) in [6.45, 7) is 1.88. The van der Waals surface area contributed by atoms with Crippen molar-refractivity contribution in [2.75, 3.05) is 10.0 Å². The van der Waals surface area contributed by atoms with Gasteiger partial charge in [0.15, 0.2) is 5.78 Å². The molecular formula is C23H22N2O4S. The van der Waals surface area contributed by atoms with Gasteiger partial charge in [0.25, 0.3) is 10.0 Å². The van der Waals surface area contributed by atoms with Gasteiger partial charge in [0.2, 0.25) is 5.91 Å². The zero-order valence-electron chi connectivity index (χ0n) is 16.5. The van der Waals surface area contributed by atoms with Crippen LogP contribution in [-0.2, 0) is 14.8 Å². The van der Waals surface area contributed by atoms with E-state index in [1.807, 2.05) is 13.0 Å². The number of sulfonamides is 1. The SMILES string of the molecule is Cc1ccc(S(=O)(=O)Nc2ccc(NC(=O)CCC(=O)c3ccccc3)cc2)cc1. The highest BCUT2D eigenvalue weighted by Gasteiger charge is 2.14. The fraction of sp³-hybridized carbons (Fsp3) is 0.130. The second-order valence-electron chi connectivity index (χ2n) is 6.83. The number of aryl methyl sites for hydroxylation is 1. The highest BCUT2D eigenvalue weighted by molar-refractivity contribution is 7.92. The van der Waals surface area contributed by atoms with Crippen LogP contribution in [0, 0.1) is 6.92 Å². The van der Waals surface area contributed by atoms with Gasteiger partial charge in [-0.05, 0) is 43.3 Å². The Bertz CT molecular complexity index is 1120. The van der Waals surface area contributed by atoms with Crippen molar-refractivity contribution in [2.24, 2.45) is 0 Å². The van der Waals surface area contributed by atoms with E-state index in [0.29, 0.717) is 16.9 Å². The van der Waals surface area contributed by atoms with Crippen molar-refractivity contribution in [3.05, 3.63) is 90.0 Å². The molecule has 0 radical (unpaired) electrons. The number of Topliss-reactive ketones (excluding diaryl/α,β-unsaturated/α-hetero) is 1. The minimum absolute atomic E-state index is 0.0650. The molecular weight excluding hydrogens is 400 g/mol. The predicted octanol–water partition coefficient (Wildman–Crippen LogP) is 4.40. The third-order valence-corrected chi connectivity index (χ3v) is 5.82. The quantitative estimate of drug-likeness (QED) is 0.527. The highest BCUT2D eigenvalue weighted by Crippen LogP contribution is 2.19. The van der Waals surface area contributed by atoms with Gasteiger partial charge < -0.3 is 5.32 Å². The molecule has 6 nitrogen and oxygen atoms in total. The predicted molar refractivity (Wildman–Crippen MR) is 117 cm³/mol. The summed E-state index contributed by atoms with van der Waals surface area (Å²) in [4.78, 5) is 24.3. The van der Waals surface area contributed by atoms with Crippen LogP contribution in [0.2, 0.25) is 0 Å². The molecule has 3 aromatic rings. The minimum Gasteiger partial charge on any atom is -0.326 e. The van der Waals surface area contributed by atoms with Crippen LogP contribution in [0.4, 0.5) is 11.4 Å². The van der Waals surface area contributed by atoms with E-state index < -0.39 is 10.0 Å². The van der Waals surface area contributed by atoms with Crippen molar-refractivity contribution >= 4 is 33.1 Å². The molecule has 3 rings (SSSR count). The number of ketones is 1. The van der Waals surface area contributed by atoms with E-state index in [1.54, 1.807) is 72.8 Å². The second kappa shape index (κ2) is 9.37. The molecule has 0 aliphatic carbocycles. The summed E-state index contributed by atoms with van der Waals surface area (Å²) in [5, 5.41) is 2.71. The maximum atomic E-state index is 12.4. The average Bonchev–Trinajstić information content (AvgIpc) is 2.74. The molecule has 7 heteroatoms. The van der Waals surface area contributed by atoms with Gasteiger partial charge in [-0.3, -0.25) is 14.3 Å². The maximum absolute atomic E-state index is 12.4. The lowest BCUT2D eigenvalue weighted by molar-refractivity contribution is -0.116. The van der Waals surface area contributed by atoms with Crippen LogP contribution in [0.1, 0.15) is 28.8 Å². The Morgan fingerprint density at radius 3 is 2.00 bits per heavy atom. The highest BCUT2D eigenvalue weighted by atomic mass is 32.2. The molecule has 0 bridgehead atoms. The summed E-state index contributed by atoms with van der Waals surface area (Å²) in [6.07, 6.45) is 0.180. The Balaban J connectivity index is 1.54. The van der Waals surface area contributed by atoms with Crippen LogP contribution in [-0.4, -0.2) is 20.1 Å². The van der Waals surface area contributed by atoms with Crippen LogP contribution in [0.25, 0.3) is 0 Å². The van der Waals surface area contributed by atoms with Crippen LogP contribution in [0.3, 0.4) is 0 Å². The van der Waals surface area contributed by atoms with Crippen molar-refractivity contribution in [1.82, 2.24) is 0 Å². The fourth-order valence-corrected chi connectivity index (χ4v) is 3.83. The number of carbonyl (C=O) groups is 2. The van der Waals surface area contributed by atoms with Gasteiger partial charge in [0.05, 0.1) is 4.90 Å². The first-order valence-corrected chi connectivity index (χ1v) is 10.9. The van der Waals surface area contributed by atoms with Gasteiger partial charge in [-0.2, -0.15) is 0 Å². The number of amides is 1. The van der Waals surface area contributed by atoms with Crippen molar-refractivity contribution < 1.29 is 18.0 Å². The van der Waals surface area contributed by atoms with Gasteiger partial charge >= 0.3 is 0 Å². The number of rotatable bonds is 8. The Morgan fingerprint density at radius 2 is 1.37 bits per heavy atom. The van der Waals surface area contributed by atoms with Crippen LogP contribution >= 0.6 is 0 Å². The zero-order chi connectivity index (χ0) is 21.6. The molecule has 1 amide bonds. The van der Waals surface area contributed by atoms with E-state index >= 15 is 0 Å². The summed E-state index contributed by atoms with van der Waals surface area (Å²) < 4.78 is 27.4. The van der Waals surface area contributed by atoms with Gasteiger partial charge in [0.1, 0.15) is 0 Å². The normalized spacial score (nSPS) is 11.0. The van der Waals surface area contributed by atoms with Crippen molar-refractivity contribution in [2.45, 2.75) is 24.7 Å². The van der Waals surface area contributed by atoms with E-state index in [0.717, 1.165) is 5.56 Å². The largest absolute Gasteiger partial charge is 0.326 e. The molecule has 0 heterocycles. The smallest absolute Gasteiger partial charge is 0.261 e. The standard InChI is InChI=1S/C23H22N2O4S/c1-17-7-13-21(14-8-17)30(28,29)25-20-11-9-19(10-12-20)24-23(27)16-15-22(26)18-5-3-2-4-6-18/h2-14,25H,15-16H2,1H3,(H,24,27). The molecule has 0 fully saturated rings. The molecule has 30 heavy (non-hydrogen) atoms. The van der Waals surface area contributed by atoms with Crippen molar-refractivity contribution in [1.29, 1.82) is 0 Å². The first-order valence-electron chi connectivity index (χ1n) is 9.41. The molecule has 0 saturated heterocycles. The molecule has 3 aromatic carbocycles. The topological polar surface area (TPSA) is 92.3 Å². The number of carbonyl (C=O) groups excluding carboxylic acids is 2. The van der Waals surface area contributed by atoms with E-state index in [-0.39, 0.29) is 29.4 Å². The summed E-state index contributed by atoms with van der Waals surface area (Å²) in [5.74, 6) is -0.376. The molecule has 0 saturated carbocycles.